The Morgan fingerprint density at radius 3 is 2.06 bits per heavy atom. The van der Waals surface area contributed by atoms with Crippen molar-refractivity contribution < 1.29 is 28.0 Å². The van der Waals surface area contributed by atoms with E-state index in [2.05, 4.69) is 29.0 Å². The van der Waals surface area contributed by atoms with Crippen LogP contribution in [0.1, 0.15) is 59.3 Å². The molecule has 2 heterocycles. The molecule has 0 aliphatic rings. The molecule has 0 saturated carbocycles. The van der Waals surface area contributed by atoms with Gasteiger partial charge in [-0.2, -0.15) is 0 Å². The molecule has 10 nitrogen and oxygen atoms in total. The molecule has 2 rings (SSSR count). The number of nitrogens with zero attached hydrogens (tertiary/aromatic N) is 1. The Balaban J connectivity index is 2.21. The highest BCUT2D eigenvalue weighted by Crippen LogP contribution is 2.38. The number of nitrogens with two attached hydrogens (primary N) is 1. The lowest BCUT2D eigenvalue weighted by atomic mass is 10.1. The average molecular weight is 529 g/mol. The number of aromatic nitrogens is 1. The minimum absolute atomic E-state index is 0.0218. The summed E-state index contributed by atoms with van der Waals surface area (Å²) in [5, 5.41) is 6.24. The van der Waals surface area contributed by atoms with Crippen LogP contribution in [0.5, 0.6) is 0 Å². The average Bonchev–Trinajstić information content (AvgIpc) is 3.33. The van der Waals surface area contributed by atoms with E-state index < -0.39 is 19.4 Å². The van der Waals surface area contributed by atoms with Gasteiger partial charge >= 0.3 is 11.9 Å². The van der Waals surface area contributed by atoms with E-state index in [1.807, 2.05) is 0 Å². The summed E-state index contributed by atoms with van der Waals surface area (Å²) in [4.78, 5) is 29.2. The Morgan fingerprint density at radius 1 is 1.03 bits per heavy atom. The number of carbonyl (C=O) groups excluding carboxylic acids is 2. The molecule has 0 fully saturated rings. The monoisotopic (exact) mass is 528 g/mol. The highest BCUT2D eigenvalue weighted by Gasteiger charge is 2.30. The minimum Gasteiger partial charge on any atom is -0.463 e. The first-order chi connectivity index (χ1) is 16.4. The Kier molecular flexibility index (Phi) is 11.0. The van der Waals surface area contributed by atoms with Gasteiger partial charge in [0.1, 0.15) is 5.69 Å². The first-order valence-corrected chi connectivity index (χ1v) is 14.3. The lowest BCUT2D eigenvalue weighted by Crippen LogP contribution is -2.32. The first-order valence-electron chi connectivity index (χ1n) is 11.7. The number of thiazole rings is 1. The second-order valence-corrected chi connectivity index (χ2v) is 12.5. The molecule has 0 aromatic carbocycles. The van der Waals surface area contributed by atoms with Gasteiger partial charge in [0.25, 0.3) is 7.44 Å². The molecule has 0 radical (unpaired) electrons. The minimum atomic E-state index is -3.53. The summed E-state index contributed by atoms with van der Waals surface area (Å²) in [6.07, 6.45) is 0.349. The number of carbonyl (C=O) groups is 2. The molecular weight excluding hydrogens is 491 g/mol. The molecule has 2 aromatic rings. The lowest BCUT2D eigenvalue weighted by molar-refractivity contribution is -0.148. The summed E-state index contributed by atoms with van der Waals surface area (Å²) in [6, 6.07) is 3.30. The van der Waals surface area contributed by atoms with Crippen LogP contribution in [0.3, 0.4) is 0 Å². The molecule has 196 valence electrons. The maximum Gasteiger partial charge on any atom is 0.307 e. The summed E-state index contributed by atoms with van der Waals surface area (Å²) < 4.78 is 30.1. The predicted molar refractivity (Wildman–Crippen MR) is 138 cm³/mol. The van der Waals surface area contributed by atoms with Gasteiger partial charge in [-0.1, -0.05) is 13.8 Å². The summed E-state index contributed by atoms with van der Waals surface area (Å²) in [5.74, 6) is 0.0338. The molecule has 0 spiro atoms. The maximum atomic E-state index is 13.9. The van der Waals surface area contributed by atoms with Gasteiger partial charge in [0.05, 0.1) is 25.0 Å². The molecule has 0 unspecified atom stereocenters. The smallest absolute Gasteiger partial charge is 0.307 e. The van der Waals surface area contributed by atoms with Crippen LogP contribution < -0.4 is 21.4 Å². The summed E-state index contributed by atoms with van der Waals surface area (Å²) in [7, 11) is -3.53. The standard InChI is InChI=1S/C23H37N4O6PS/c1-14(2)13-18-22(27-23(24)35-18)17-7-8-21(33-17)34(30,25-11-9-19(28)31-15(3)4)26-12-10-20(29)32-16(5)6/h7-8,14-16H,9-13H2,1-6H3,(H2,24,27)(H2,25,26,30). The fourth-order valence-electron chi connectivity index (χ4n) is 3.18. The summed E-state index contributed by atoms with van der Waals surface area (Å²) in [5.41, 5.74) is 6.72. The summed E-state index contributed by atoms with van der Waals surface area (Å²) >= 11 is 1.40. The number of nitrogens with one attached hydrogen (secondary N) is 2. The quantitative estimate of drug-likeness (QED) is 0.244. The second kappa shape index (κ2) is 13.2. The van der Waals surface area contributed by atoms with Gasteiger partial charge in [0, 0.05) is 18.0 Å². The van der Waals surface area contributed by atoms with Crippen molar-refractivity contribution in [1.82, 2.24) is 15.2 Å². The molecular formula is C23H37N4O6PS. The first kappa shape index (κ1) is 29.0. The SMILES string of the molecule is CC(C)Cc1sc(N)nc1-c1ccc(P(=O)(NCCC(=O)OC(C)C)NCCC(=O)OC(C)C)o1. The van der Waals surface area contributed by atoms with Crippen molar-refractivity contribution in [3.63, 3.8) is 0 Å². The van der Waals surface area contributed by atoms with Gasteiger partial charge in [-0.3, -0.25) is 14.2 Å². The highest BCUT2D eigenvalue weighted by atomic mass is 32.1. The van der Waals surface area contributed by atoms with Crippen LogP contribution in [0.2, 0.25) is 0 Å². The van der Waals surface area contributed by atoms with Crippen LogP contribution in [-0.2, 0) is 30.0 Å². The third-order valence-corrected chi connectivity index (χ3v) is 7.61. The van der Waals surface area contributed by atoms with E-state index in [-0.39, 0.29) is 43.6 Å². The predicted octanol–water partition coefficient (Wildman–Crippen LogP) is 3.86. The van der Waals surface area contributed by atoms with Crippen molar-refractivity contribution in [2.45, 2.75) is 73.0 Å². The van der Waals surface area contributed by atoms with Crippen molar-refractivity contribution in [1.29, 1.82) is 0 Å². The largest absolute Gasteiger partial charge is 0.463 e. The lowest BCUT2D eigenvalue weighted by Gasteiger charge is -2.19. The number of furan rings is 1. The Hall–Kier alpha value is -2.20. The van der Waals surface area contributed by atoms with Gasteiger partial charge in [-0.25, -0.2) is 15.2 Å². The summed E-state index contributed by atoms with van der Waals surface area (Å²) in [6.45, 7) is 11.4. The number of esters is 2. The zero-order chi connectivity index (χ0) is 26.2. The maximum absolute atomic E-state index is 13.9. The molecule has 0 aliphatic heterocycles. The fraction of sp³-hybridized carbons (Fsp3) is 0.609. The number of ether oxygens (including phenoxy) is 2. The normalized spacial score (nSPS) is 12.0. The van der Waals surface area contributed by atoms with Gasteiger partial charge in [-0.15, -0.1) is 11.3 Å². The highest BCUT2D eigenvalue weighted by molar-refractivity contribution is 7.67. The van der Waals surface area contributed by atoms with E-state index in [0.29, 0.717) is 22.5 Å². The topological polar surface area (TPSA) is 146 Å². The van der Waals surface area contributed by atoms with Gasteiger partial charge < -0.3 is 19.6 Å². The van der Waals surface area contributed by atoms with Crippen LogP contribution in [0.4, 0.5) is 5.13 Å². The number of hydrogen-bond acceptors (Lipinski definition) is 9. The van der Waals surface area contributed by atoms with Crippen molar-refractivity contribution in [2.24, 2.45) is 5.92 Å². The van der Waals surface area contributed by atoms with E-state index in [0.717, 1.165) is 11.3 Å². The number of anilines is 1. The van der Waals surface area contributed by atoms with Gasteiger partial charge in [-0.05, 0) is 52.2 Å². The fourth-order valence-corrected chi connectivity index (χ4v) is 6.02. The number of nitrogen functional groups attached to an aromatic ring is 1. The van der Waals surface area contributed by atoms with Crippen molar-refractivity contribution in [3.8, 4) is 11.5 Å². The third kappa shape index (κ3) is 9.40. The zero-order valence-corrected chi connectivity index (χ0v) is 23.0. The van der Waals surface area contributed by atoms with Crippen LogP contribution in [-0.4, -0.2) is 42.2 Å². The molecule has 0 atom stereocenters. The number of hydrogen-bond donors (Lipinski definition) is 3. The molecule has 0 aliphatic carbocycles. The van der Waals surface area contributed by atoms with E-state index in [1.165, 1.54) is 11.3 Å². The van der Waals surface area contributed by atoms with Crippen LogP contribution >= 0.6 is 18.8 Å². The molecule has 2 aromatic heterocycles. The van der Waals surface area contributed by atoms with E-state index in [9.17, 15) is 14.2 Å². The van der Waals surface area contributed by atoms with E-state index in [4.69, 9.17) is 19.6 Å². The van der Waals surface area contributed by atoms with Crippen molar-refractivity contribution in [3.05, 3.63) is 17.0 Å². The van der Waals surface area contributed by atoms with Crippen LogP contribution in [0.25, 0.3) is 11.5 Å². The molecule has 12 heteroatoms. The zero-order valence-electron chi connectivity index (χ0n) is 21.3. The molecule has 0 saturated heterocycles. The van der Waals surface area contributed by atoms with Crippen molar-refractivity contribution in [2.75, 3.05) is 18.8 Å². The van der Waals surface area contributed by atoms with Crippen LogP contribution in [0.15, 0.2) is 16.5 Å². The second-order valence-electron chi connectivity index (χ2n) is 9.06. The Labute approximate surface area is 210 Å². The van der Waals surface area contributed by atoms with Crippen LogP contribution in [0, 0.1) is 5.92 Å². The number of rotatable bonds is 14. The van der Waals surface area contributed by atoms with Crippen molar-refractivity contribution >= 4 is 41.4 Å². The molecule has 35 heavy (non-hydrogen) atoms. The molecule has 4 N–H and O–H groups in total. The Bertz CT molecular complexity index is 1000. The van der Waals surface area contributed by atoms with E-state index in [1.54, 1.807) is 39.8 Å². The van der Waals surface area contributed by atoms with Gasteiger partial charge in [0.15, 0.2) is 16.4 Å². The third-order valence-electron chi connectivity index (χ3n) is 4.50. The van der Waals surface area contributed by atoms with Gasteiger partial charge in [0.2, 0.25) is 0 Å². The molecule has 0 amide bonds. The Morgan fingerprint density at radius 2 is 1.57 bits per heavy atom. The van der Waals surface area contributed by atoms with E-state index >= 15 is 0 Å². The molecule has 0 bridgehead atoms.